The lowest BCUT2D eigenvalue weighted by Gasteiger charge is -2.29. The van der Waals surface area contributed by atoms with Crippen LogP contribution in [0.25, 0.3) is 0 Å². The van der Waals surface area contributed by atoms with Gasteiger partial charge >= 0.3 is 12.0 Å². The summed E-state index contributed by atoms with van der Waals surface area (Å²) < 4.78 is 10.9. The molecule has 142 valence electrons. The minimum Gasteiger partial charge on any atom is -0.493 e. The second-order valence-corrected chi connectivity index (χ2v) is 6.22. The van der Waals surface area contributed by atoms with E-state index in [9.17, 15) is 9.59 Å². The number of hydrogen-bond acceptors (Lipinski definition) is 4. The van der Waals surface area contributed by atoms with E-state index < -0.39 is 12.0 Å². The predicted molar refractivity (Wildman–Crippen MR) is 99.8 cm³/mol. The number of esters is 1. The van der Waals surface area contributed by atoms with Gasteiger partial charge in [0.05, 0.1) is 25.3 Å². The lowest BCUT2D eigenvalue weighted by molar-refractivity contribution is -0.136. The number of carbonyl (C=O) groups excluding carboxylic acids is 2. The Morgan fingerprint density at radius 1 is 1.15 bits per heavy atom. The molecule has 1 heterocycles. The van der Waals surface area contributed by atoms with Gasteiger partial charge in [0.25, 0.3) is 0 Å². The van der Waals surface area contributed by atoms with Crippen molar-refractivity contribution in [2.24, 2.45) is 0 Å². The lowest BCUT2D eigenvalue weighted by Crippen LogP contribution is -2.45. The highest BCUT2D eigenvalue weighted by Gasteiger charge is 2.34. The third kappa shape index (κ3) is 4.77. The van der Waals surface area contributed by atoms with Gasteiger partial charge in [-0.3, -0.25) is 0 Å². The first-order valence-corrected chi connectivity index (χ1v) is 9.22. The molecule has 6 nitrogen and oxygen atoms in total. The molecule has 1 atom stereocenters. The van der Waals surface area contributed by atoms with Crippen LogP contribution >= 0.6 is 0 Å². The van der Waals surface area contributed by atoms with Crippen molar-refractivity contribution < 1.29 is 19.1 Å². The van der Waals surface area contributed by atoms with Crippen LogP contribution in [0.3, 0.4) is 0 Å². The molecule has 1 unspecified atom stereocenters. The number of unbranched alkanes of at least 4 members (excludes halogenated alkanes) is 3. The summed E-state index contributed by atoms with van der Waals surface area (Å²) >= 11 is 0. The fourth-order valence-electron chi connectivity index (χ4n) is 3.04. The van der Waals surface area contributed by atoms with Crippen molar-refractivity contribution in [3.8, 4) is 5.75 Å². The average molecular weight is 360 g/mol. The van der Waals surface area contributed by atoms with E-state index in [4.69, 9.17) is 9.47 Å². The third-order valence-electron chi connectivity index (χ3n) is 4.40. The molecule has 6 heteroatoms. The number of para-hydroxylation sites is 1. The summed E-state index contributed by atoms with van der Waals surface area (Å²) in [7, 11) is 1.34. The van der Waals surface area contributed by atoms with Crippen LogP contribution in [-0.2, 0) is 9.53 Å². The van der Waals surface area contributed by atoms with Gasteiger partial charge in [-0.25, -0.2) is 9.59 Å². The average Bonchev–Trinajstić information content (AvgIpc) is 2.66. The largest absolute Gasteiger partial charge is 0.493 e. The summed E-state index contributed by atoms with van der Waals surface area (Å²) in [4.78, 5) is 24.4. The van der Waals surface area contributed by atoms with Crippen molar-refractivity contribution in [1.82, 2.24) is 10.6 Å². The van der Waals surface area contributed by atoms with Gasteiger partial charge in [0, 0.05) is 11.3 Å². The lowest BCUT2D eigenvalue weighted by atomic mass is 9.93. The van der Waals surface area contributed by atoms with Crippen molar-refractivity contribution in [2.75, 3.05) is 13.7 Å². The molecular weight excluding hydrogens is 332 g/mol. The van der Waals surface area contributed by atoms with Crippen LogP contribution in [0.1, 0.15) is 57.6 Å². The van der Waals surface area contributed by atoms with Crippen LogP contribution in [0.2, 0.25) is 0 Å². The van der Waals surface area contributed by atoms with Gasteiger partial charge < -0.3 is 20.1 Å². The number of allylic oxidation sites excluding steroid dienone is 1. The maximum absolute atomic E-state index is 12.4. The predicted octanol–water partition coefficient (Wildman–Crippen LogP) is 3.84. The van der Waals surface area contributed by atoms with Gasteiger partial charge in [0.1, 0.15) is 5.75 Å². The summed E-state index contributed by atoms with van der Waals surface area (Å²) in [6.07, 6.45) is 4.97. The number of nitrogens with one attached hydrogen (secondary N) is 2. The van der Waals surface area contributed by atoms with Gasteiger partial charge in [0.2, 0.25) is 0 Å². The minimum absolute atomic E-state index is 0.336. The van der Waals surface area contributed by atoms with Crippen molar-refractivity contribution in [1.29, 1.82) is 0 Å². The number of ether oxygens (including phenoxy) is 2. The van der Waals surface area contributed by atoms with Crippen molar-refractivity contribution in [2.45, 2.75) is 52.0 Å². The van der Waals surface area contributed by atoms with Crippen LogP contribution in [-0.4, -0.2) is 25.7 Å². The second kappa shape index (κ2) is 9.85. The smallest absolute Gasteiger partial charge is 0.337 e. The third-order valence-corrected chi connectivity index (χ3v) is 4.40. The molecule has 1 aliphatic heterocycles. The molecule has 1 aliphatic rings. The summed E-state index contributed by atoms with van der Waals surface area (Å²) in [5.74, 6) is 0.213. The normalized spacial score (nSPS) is 16.7. The first-order chi connectivity index (χ1) is 12.6. The molecule has 0 spiro atoms. The maximum atomic E-state index is 12.4. The van der Waals surface area contributed by atoms with E-state index in [0.29, 0.717) is 30.0 Å². The van der Waals surface area contributed by atoms with Gasteiger partial charge in [-0.2, -0.15) is 0 Å². The molecular formula is C20H28N2O4. The zero-order chi connectivity index (χ0) is 18.9. The first-order valence-electron chi connectivity index (χ1n) is 9.22. The molecule has 0 aliphatic carbocycles. The topological polar surface area (TPSA) is 76.7 Å². The molecule has 0 radical (unpaired) electrons. The molecule has 0 aromatic heterocycles. The highest BCUT2D eigenvalue weighted by molar-refractivity contribution is 5.95. The fraction of sp³-hybridized carbons (Fsp3) is 0.500. The molecule has 1 aromatic carbocycles. The summed E-state index contributed by atoms with van der Waals surface area (Å²) in [5, 5.41) is 5.53. The van der Waals surface area contributed by atoms with E-state index in [1.54, 1.807) is 0 Å². The molecule has 26 heavy (non-hydrogen) atoms. The molecule has 2 rings (SSSR count). The monoisotopic (exact) mass is 360 g/mol. The molecule has 2 N–H and O–H groups in total. The number of benzene rings is 1. The number of carbonyl (C=O) groups is 2. The summed E-state index contributed by atoms with van der Waals surface area (Å²) in [6, 6.07) is 6.55. The highest BCUT2D eigenvalue weighted by Crippen LogP contribution is 2.34. The zero-order valence-electron chi connectivity index (χ0n) is 15.8. The van der Waals surface area contributed by atoms with Crippen LogP contribution < -0.4 is 15.4 Å². The van der Waals surface area contributed by atoms with Crippen LogP contribution in [0.4, 0.5) is 4.79 Å². The quantitative estimate of drug-likeness (QED) is 0.518. The van der Waals surface area contributed by atoms with Crippen molar-refractivity contribution >= 4 is 12.0 Å². The van der Waals surface area contributed by atoms with Crippen LogP contribution in [0.5, 0.6) is 5.75 Å². The molecule has 2 amide bonds. The van der Waals surface area contributed by atoms with Crippen molar-refractivity contribution in [3.05, 3.63) is 41.1 Å². The molecule has 0 saturated heterocycles. The first kappa shape index (κ1) is 19.8. The molecule has 1 aromatic rings. The molecule has 0 fully saturated rings. The maximum Gasteiger partial charge on any atom is 0.337 e. The van der Waals surface area contributed by atoms with Crippen molar-refractivity contribution in [3.63, 3.8) is 0 Å². The van der Waals surface area contributed by atoms with Gasteiger partial charge in [-0.15, -0.1) is 0 Å². The summed E-state index contributed by atoms with van der Waals surface area (Å²) in [5.41, 5.74) is 1.74. The molecule has 0 saturated carbocycles. The van der Waals surface area contributed by atoms with Crippen LogP contribution in [0.15, 0.2) is 35.5 Å². The zero-order valence-corrected chi connectivity index (χ0v) is 15.8. The number of hydrogen-bond donors (Lipinski definition) is 2. The van der Waals surface area contributed by atoms with E-state index in [1.807, 2.05) is 31.2 Å². The minimum atomic E-state index is -0.599. The number of rotatable bonds is 9. The van der Waals surface area contributed by atoms with E-state index in [1.165, 1.54) is 20.0 Å². The van der Waals surface area contributed by atoms with E-state index in [0.717, 1.165) is 18.4 Å². The number of methoxy groups -OCH3 is 1. The second-order valence-electron chi connectivity index (χ2n) is 6.22. The Balaban J connectivity index is 2.29. The molecule has 0 bridgehead atoms. The highest BCUT2D eigenvalue weighted by atomic mass is 16.5. The Morgan fingerprint density at radius 2 is 1.92 bits per heavy atom. The van der Waals surface area contributed by atoms with E-state index in [-0.39, 0.29) is 6.03 Å². The van der Waals surface area contributed by atoms with Crippen LogP contribution in [0, 0.1) is 0 Å². The van der Waals surface area contributed by atoms with Gasteiger partial charge in [0.15, 0.2) is 0 Å². The Hall–Kier alpha value is -2.50. The van der Waals surface area contributed by atoms with E-state index in [2.05, 4.69) is 17.6 Å². The standard InChI is InChI=1S/C20H28N2O4/c1-4-6-7-10-13-26-16-12-9-8-11-14(16)18-17(19(23)25-3)15(5-2)21-20(24)22-18/h8-9,11-12,18H,4-7,10,13H2,1-3H3,(H2,21,22,24). The van der Waals surface area contributed by atoms with Gasteiger partial charge in [-0.1, -0.05) is 51.3 Å². The Morgan fingerprint density at radius 3 is 2.62 bits per heavy atom. The Bertz CT molecular complexity index is 670. The summed E-state index contributed by atoms with van der Waals surface area (Å²) in [6.45, 7) is 4.66. The number of urea groups is 1. The number of amides is 2. The Kier molecular flexibility index (Phi) is 7.51. The SMILES string of the molecule is CCCCCCOc1ccccc1C1NC(=O)NC(CC)=C1C(=O)OC. The fourth-order valence-corrected chi connectivity index (χ4v) is 3.04. The van der Waals surface area contributed by atoms with E-state index >= 15 is 0 Å². The van der Waals surface area contributed by atoms with Gasteiger partial charge in [-0.05, 0) is 18.9 Å². The Labute approximate surface area is 154 Å².